The third-order valence-corrected chi connectivity index (χ3v) is 3.29. The second-order valence-electron chi connectivity index (χ2n) is 3.99. The maximum Gasteiger partial charge on any atom is 0.270 e. The summed E-state index contributed by atoms with van der Waals surface area (Å²) < 4.78 is 26.9. The van der Waals surface area contributed by atoms with Gasteiger partial charge in [0.05, 0.1) is 17.6 Å². The van der Waals surface area contributed by atoms with E-state index in [-0.39, 0.29) is 25.9 Å². The third kappa shape index (κ3) is 3.19. The summed E-state index contributed by atoms with van der Waals surface area (Å²) in [6.07, 6.45) is -0.190. The molecular formula is C10H13F2N3OS. The Morgan fingerprint density at radius 2 is 2.53 bits per heavy atom. The molecule has 0 bridgehead atoms. The van der Waals surface area contributed by atoms with Gasteiger partial charge >= 0.3 is 0 Å². The summed E-state index contributed by atoms with van der Waals surface area (Å²) in [7, 11) is 0. The van der Waals surface area contributed by atoms with Crippen LogP contribution in [0.5, 0.6) is 0 Å². The minimum absolute atomic E-state index is 0.0517. The summed E-state index contributed by atoms with van der Waals surface area (Å²) in [4.78, 5) is 15.5. The van der Waals surface area contributed by atoms with Crippen molar-refractivity contribution in [1.82, 2.24) is 15.6 Å². The van der Waals surface area contributed by atoms with Crippen LogP contribution >= 0.6 is 11.3 Å². The lowest BCUT2D eigenvalue weighted by atomic mass is 10.0. The first-order valence-corrected chi connectivity index (χ1v) is 6.27. The van der Waals surface area contributed by atoms with E-state index >= 15 is 0 Å². The van der Waals surface area contributed by atoms with Crippen LogP contribution in [0.4, 0.5) is 8.78 Å². The van der Waals surface area contributed by atoms with E-state index in [4.69, 9.17) is 0 Å². The van der Waals surface area contributed by atoms with Gasteiger partial charge in [-0.05, 0) is 0 Å². The molecule has 0 spiro atoms. The van der Waals surface area contributed by atoms with Gasteiger partial charge in [0.1, 0.15) is 6.04 Å². The van der Waals surface area contributed by atoms with Gasteiger partial charge in [-0.2, -0.15) is 0 Å². The number of hydrogen-bond donors (Lipinski definition) is 2. The van der Waals surface area contributed by atoms with Gasteiger partial charge in [0.15, 0.2) is 0 Å². The fourth-order valence-corrected chi connectivity index (χ4v) is 2.27. The first-order chi connectivity index (χ1) is 8.08. The van der Waals surface area contributed by atoms with Crippen molar-refractivity contribution in [3.63, 3.8) is 0 Å². The van der Waals surface area contributed by atoms with Gasteiger partial charge in [-0.15, -0.1) is 11.3 Å². The number of aromatic nitrogens is 1. The number of alkyl halides is 2. The summed E-state index contributed by atoms with van der Waals surface area (Å²) in [5.41, 5.74) is 2.22. The largest absolute Gasteiger partial charge is 0.346 e. The molecule has 2 rings (SSSR count). The van der Waals surface area contributed by atoms with Crippen LogP contribution in [-0.2, 0) is 11.2 Å². The van der Waals surface area contributed by atoms with Crippen LogP contribution in [0.15, 0.2) is 10.9 Å². The van der Waals surface area contributed by atoms with E-state index in [1.807, 2.05) is 0 Å². The molecule has 2 N–H and O–H groups in total. The molecule has 94 valence electrons. The number of hydrogen-bond acceptors (Lipinski definition) is 4. The minimum Gasteiger partial charge on any atom is -0.346 e. The highest BCUT2D eigenvalue weighted by Gasteiger charge is 2.42. The zero-order chi connectivity index (χ0) is 12.3. The number of carbonyl (C=O) groups is 1. The van der Waals surface area contributed by atoms with E-state index in [1.54, 1.807) is 10.9 Å². The van der Waals surface area contributed by atoms with E-state index in [0.29, 0.717) is 5.69 Å². The van der Waals surface area contributed by atoms with Crippen LogP contribution in [0.25, 0.3) is 0 Å². The second-order valence-corrected chi connectivity index (χ2v) is 4.71. The van der Waals surface area contributed by atoms with E-state index in [1.165, 1.54) is 11.3 Å². The Balaban J connectivity index is 1.89. The van der Waals surface area contributed by atoms with Crippen LogP contribution in [0, 0.1) is 0 Å². The monoisotopic (exact) mass is 261 g/mol. The van der Waals surface area contributed by atoms with Crippen molar-refractivity contribution < 1.29 is 13.6 Å². The van der Waals surface area contributed by atoms with Crippen molar-refractivity contribution in [2.24, 2.45) is 0 Å². The van der Waals surface area contributed by atoms with E-state index < -0.39 is 17.9 Å². The molecule has 17 heavy (non-hydrogen) atoms. The molecule has 0 aromatic carbocycles. The highest BCUT2D eigenvalue weighted by molar-refractivity contribution is 7.07. The van der Waals surface area contributed by atoms with Crippen LogP contribution in [0.1, 0.15) is 12.1 Å². The molecule has 0 radical (unpaired) electrons. The van der Waals surface area contributed by atoms with Gasteiger partial charge in [-0.25, -0.2) is 13.8 Å². The molecule has 1 amide bonds. The number of piperidine rings is 1. The number of halogens is 2. The van der Waals surface area contributed by atoms with Crippen molar-refractivity contribution in [1.29, 1.82) is 0 Å². The fourth-order valence-electron chi connectivity index (χ4n) is 1.72. The average Bonchev–Trinajstić information content (AvgIpc) is 2.73. The third-order valence-electron chi connectivity index (χ3n) is 2.65. The SMILES string of the molecule is O=C(Cc1cscn1)NC1CNCCC1(F)F. The van der Waals surface area contributed by atoms with Crippen molar-refractivity contribution >= 4 is 17.2 Å². The first kappa shape index (κ1) is 12.4. The quantitative estimate of drug-likeness (QED) is 0.846. The van der Waals surface area contributed by atoms with E-state index in [9.17, 15) is 13.6 Å². The molecule has 1 fully saturated rings. The lowest BCUT2D eigenvalue weighted by Crippen LogP contribution is -2.57. The summed E-state index contributed by atoms with van der Waals surface area (Å²) in [5, 5.41) is 6.94. The summed E-state index contributed by atoms with van der Waals surface area (Å²) in [5.74, 6) is -3.24. The van der Waals surface area contributed by atoms with Gasteiger partial charge in [0, 0.05) is 24.9 Å². The van der Waals surface area contributed by atoms with Gasteiger partial charge in [0.2, 0.25) is 5.91 Å². The number of amides is 1. The number of nitrogens with zero attached hydrogens (tertiary/aromatic N) is 1. The zero-order valence-electron chi connectivity index (χ0n) is 9.08. The zero-order valence-corrected chi connectivity index (χ0v) is 9.90. The van der Waals surface area contributed by atoms with Gasteiger partial charge < -0.3 is 10.6 Å². The molecule has 1 aromatic rings. The lowest BCUT2D eigenvalue weighted by molar-refractivity contribution is -0.126. The summed E-state index contributed by atoms with van der Waals surface area (Å²) >= 11 is 1.38. The molecule has 7 heteroatoms. The van der Waals surface area contributed by atoms with Crippen LogP contribution in [0.3, 0.4) is 0 Å². The van der Waals surface area contributed by atoms with E-state index in [0.717, 1.165) is 0 Å². The molecule has 1 aromatic heterocycles. The van der Waals surface area contributed by atoms with Crippen molar-refractivity contribution in [2.45, 2.75) is 24.8 Å². The molecule has 1 unspecified atom stereocenters. The molecule has 0 aliphatic carbocycles. The highest BCUT2D eigenvalue weighted by atomic mass is 32.1. The standard InChI is InChI=1S/C10H13F2N3OS/c11-10(12)1-2-13-4-8(10)15-9(16)3-7-5-17-6-14-7/h5-6,8,13H,1-4H2,(H,15,16). The Morgan fingerprint density at radius 3 is 3.18 bits per heavy atom. The Kier molecular flexibility index (Phi) is 3.68. The van der Waals surface area contributed by atoms with Gasteiger partial charge in [-0.3, -0.25) is 4.79 Å². The Morgan fingerprint density at radius 1 is 1.71 bits per heavy atom. The van der Waals surface area contributed by atoms with Crippen molar-refractivity contribution in [2.75, 3.05) is 13.1 Å². The Bertz CT molecular complexity index is 383. The minimum atomic E-state index is -2.83. The molecule has 1 aliphatic rings. The molecule has 0 saturated carbocycles. The van der Waals surface area contributed by atoms with Crippen LogP contribution in [-0.4, -0.2) is 35.9 Å². The predicted molar refractivity (Wildman–Crippen MR) is 60.2 cm³/mol. The molecule has 4 nitrogen and oxygen atoms in total. The topological polar surface area (TPSA) is 54.0 Å². The Hall–Kier alpha value is -1.08. The number of thiazole rings is 1. The molecule has 1 aliphatic heterocycles. The number of nitrogens with one attached hydrogen (secondary N) is 2. The number of carbonyl (C=O) groups excluding carboxylic acids is 1. The summed E-state index contributed by atoms with van der Waals surface area (Å²) in [6, 6.07) is -1.12. The fraction of sp³-hybridized carbons (Fsp3) is 0.600. The average molecular weight is 261 g/mol. The molecule has 1 atom stereocenters. The highest BCUT2D eigenvalue weighted by Crippen LogP contribution is 2.25. The second kappa shape index (κ2) is 5.05. The van der Waals surface area contributed by atoms with Crippen molar-refractivity contribution in [3.05, 3.63) is 16.6 Å². The van der Waals surface area contributed by atoms with E-state index in [2.05, 4.69) is 15.6 Å². The first-order valence-electron chi connectivity index (χ1n) is 5.33. The molecule has 1 saturated heterocycles. The van der Waals surface area contributed by atoms with Gasteiger partial charge in [0.25, 0.3) is 5.92 Å². The maximum atomic E-state index is 13.4. The Labute approximate surface area is 101 Å². The van der Waals surface area contributed by atoms with Gasteiger partial charge in [-0.1, -0.05) is 0 Å². The predicted octanol–water partition coefficient (Wildman–Crippen LogP) is 0.799. The van der Waals surface area contributed by atoms with Crippen LogP contribution in [0.2, 0.25) is 0 Å². The number of rotatable bonds is 3. The maximum absolute atomic E-state index is 13.4. The molecule has 2 heterocycles. The summed E-state index contributed by atoms with van der Waals surface area (Å²) in [6.45, 7) is 0.390. The normalized spacial score (nSPS) is 23.3. The lowest BCUT2D eigenvalue weighted by Gasteiger charge is -2.32. The van der Waals surface area contributed by atoms with Crippen molar-refractivity contribution in [3.8, 4) is 0 Å². The smallest absolute Gasteiger partial charge is 0.270 e. The van der Waals surface area contributed by atoms with Crippen LogP contribution < -0.4 is 10.6 Å². The molecular weight excluding hydrogens is 248 g/mol.